The van der Waals surface area contributed by atoms with Crippen LogP contribution in [0, 0.1) is 11.8 Å². The fourth-order valence-electron chi connectivity index (χ4n) is 5.41. The predicted octanol–water partition coefficient (Wildman–Crippen LogP) is 4.32. The first-order valence-electron chi connectivity index (χ1n) is 12.1. The van der Waals surface area contributed by atoms with Crippen LogP contribution in [0.5, 0.6) is 11.5 Å². The Morgan fingerprint density at radius 3 is 2.35 bits per heavy atom. The average Bonchev–Trinajstić information content (AvgIpc) is 2.83. The van der Waals surface area contributed by atoms with Gasteiger partial charge in [0, 0.05) is 23.9 Å². The molecule has 0 N–H and O–H groups in total. The van der Waals surface area contributed by atoms with Crippen LogP contribution in [0.25, 0.3) is 0 Å². The standard InChI is InChI=1S/C25H37N3O3/c1-30-22-13-12-19(18-23(22)31-2)24-20-10-4-5-11-21(20)25(29)28(26-24)17-9-8-16-27-14-6-3-7-15-27/h12-13,18,20-21H,3-11,14-17H2,1-2H3. The Hall–Kier alpha value is -2.08. The molecule has 3 aliphatic rings. The molecule has 2 unspecified atom stereocenters. The third-order valence-corrected chi connectivity index (χ3v) is 7.14. The summed E-state index contributed by atoms with van der Waals surface area (Å²) in [5, 5.41) is 6.70. The molecule has 2 fully saturated rings. The van der Waals surface area contributed by atoms with Crippen LogP contribution in [0.2, 0.25) is 0 Å². The number of likely N-dealkylation sites (tertiary alicyclic amines) is 1. The van der Waals surface area contributed by atoms with E-state index < -0.39 is 0 Å². The molecule has 1 amide bonds. The molecule has 0 bridgehead atoms. The number of methoxy groups -OCH3 is 2. The number of carbonyl (C=O) groups excluding carboxylic acids is 1. The number of amides is 1. The van der Waals surface area contributed by atoms with Crippen molar-refractivity contribution in [1.29, 1.82) is 0 Å². The van der Waals surface area contributed by atoms with Gasteiger partial charge in [0.2, 0.25) is 5.91 Å². The molecule has 6 nitrogen and oxygen atoms in total. The van der Waals surface area contributed by atoms with Crippen LogP contribution in [-0.4, -0.2) is 61.9 Å². The number of ether oxygens (including phenoxy) is 2. The topological polar surface area (TPSA) is 54.4 Å². The van der Waals surface area contributed by atoms with Crippen molar-refractivity contribution >= 4 is 11.6 Å². The van der Waals surface area contributed by atoms with Crippen molar-refractivity contribution in [3.8, 4) is 11.5 Å². The number of hydrogen-bond acceptors (Lipinski definition) is 5. The molecule has 31 heavy (non-hydrogen) atoms. The van der Waals surface area contributed by atoms with Gasteiger partial charge in [-0.2, -0.15) is 5.10 Å². The second-order valence-electron chi connectivity index (χ2n) is 9.12. The van der Waals surface area contributed by atoms with Gasteiger partial charge in [-0.1, -0.05) is 19.3 Å². The number of nitrogens with zero attached hydrogens (tertiary/aromatic N) is 3. The fraction of sp³-hybridized carbons (Fsp3) is 0.680. The van der Waals surface area contributed by atoms with Gasteiger partial charge in [-0.25, -0.2) is 5.01 Å². The molecule has 2 heterocycles. The van der Waals surface area contributed by atoms with Crippen LogP contribution >= 0.6 is 0 Å². The van der Waals surface area contributed by atoms with Crippen LogP contribution in [0.3, 0.4) is 0 Å². The molecule has 1 aromatic carbocycles. The van der Waals surface area contributed by atoms with Gasteiger partial charge in [-0.15, -0.1) is 0 Å². The van der Waals surface area contributed by atoms with Gasteiger partial charge in [-0.3, -0.25) is 4.79 Å². The summed E-state index contributed by atoms with van der Waals surface area (Å²) < 4.78 is 10.9. The van der Waals surface area contributed by atoms with E-state index >= 15 is 0 Å². The zero-order valence-electron chi connectivity index (χ0n) is 19.1. The Morgan fingerprint density at radius 1 is 0.903 bits per heavy atom. The maximum atomic E-state index is 13.2. The summed E-state index contributed by atoms with van der Waals surface area (Å²) in [5.74, 6) is 1.93. The molecule has 170 valence electrons. The summed E-state index contributed by atoms with van der Waals surface area (Å²) >= 11 is 0. The van der Waals surface area contributed by atoms with Crippen molar-refractivity contribution < 1.29 is 14.3 Å². The Kier molecular flexibility index (Phi) is 7.49. The number of hydrogen-bond donors (Lipinski definition) is 0. The van der Waals surface area contributed by atoms with Gasteiger partial charge in [0.25, 0.3) is 0 Å². The highest BCUT2D eigenvalue weighted by atomic mass is 16.5. The largest absolute Gasteiger partial charge is 0.493 e. The highest BCUT2D eigenvalue weighted by Gasteiger charge is 2.41. The van der Waals surface area contributed by atoms with E-state index in [2.05, 4.69) is 11.0 Å². The maximum Gasteiger partial charge on any atom is 0.246 e. The van der Waals surface area contributed by atoms with Crippen molar-refractivity contribution in [3.05, 3.63) is 23.8 Å². The first-order valence-corrected chi connectivity index (χ1v) is 12.1. The van der Waals surface area contributed by atoms with Crippen LogP contribution in [0.1, 0.15) is 63.4 Å². The number of rotatable bonds is 8. The molecule has 2 aliphatic heterocycles. The van der Waals surface area contributed by atoms with Gasteiger partial charge >= 0.3 is 0 Å². The lowest BCUT2D eigenvalue weighted by molar-refractivity contribution is -0.139. The zero-order chi connectivity index (χ0) is 21.6. The minimum absolute atomic E-state index is 0.0661. The van der Waals surface area contributed by atoms with E-state index in [9.17, 15) is 4.79 Å². The van der Waals surface area contributed by atoms with E-state index in [0.717, 1.165) is 56.3 Å². The quantitative estimate of drug-likeness (QED) is 0.580. The summed E-state index contributed by atoms with van der Waals surface area (Å²) in [7, 11) is 3.31. The van der Waals surface area contributed by atoms with Crippen molar-refractivity contribution in [1.82, 2.24) is 9.91 Å². The van der Waals surface area contributed by atoms with Crippen LogP contribution in [-0.2, 0) is 4.79 Å². The first kappa shape index (κ1) is 22.1. The number of fused-ring (bicyclic) bond motifs is 1. The Morgan fingerprint density at radius 2 is 1.61 bits per heavy atom. The molecular weight excluding hydrogens is 390 g/mol. The second-order valence-corrected chi connectivity index (χ2v) is 9.12. The van der Waals surface area contributed by atoms with E-state index in [1.807, 2.05) is 12.1 Å². The molecule has 1 saturated carbocycles. The van der Waals surface area contributed by atoms with Crippen molar-refractivity contribution in [2.75, 3.05) is 40.4 Å². The molecule has 1 saturated heterocycles. The smallest absolute Gasteiger partial charge is 0.246 e. The zero-order valence-corrected chi connectivity index (χ0v) is 19.1. The summed E-state index contributed by atoms with van der Waals surface area (Å²) in [6.07, 6.45) is 10.5. The molecular formula is C25H37N3O3. The maximum absolute atomic E-state index is 13.2. The van der Waals surface area contributed by atoms with Crippen LogP contribution in [0.4, 0.5) is 0 Å². The van der Waals surface area contributed by atoms with E-state index in [-0.39, 0.29) is 17.7 Å². The number of hydrazone groups is 1. The van der Waals surface area contributed by atoms with Crippen molar-refractivity contribution in [3.63, 3.8) is 0 Å². The van der Waals surface area contributed by atoms with E-state index in [1.54, 1.807) is 19.2 Å². The highest BCUT2D eigenvalue weighted by molar-refractivity contribution is 6.07. The fourth-order valence-corrected chi connectivity index (χ4v) is 5.41. The van der Waals surface area contributed by atoms with Crippen molar-refractivity contribution in [2.45, 2.75) is 57.8 Å². The van der Waals surface area contributed by atoms with Gasteiger partial charge in [-0.05, 0) is 76.4 Å². The molecule has 1 aromatic rings. The predicted molar refractivity (Wildman–Crippen MR) is 123 cm³/mol. The van der Waals surface area contributed by atoms with Gasteiger partial charge in [0.05, 0.1) is 19.9 Å². The summed E-state index contributed by atoms with van der Waals surface area (Å²) in [6, 6.07) is 6.00. The number of piperidine rings is 1. The highest BCUT2D eigenvalue weighted by Crippen LogP contribution is 2.39. The van der Waals surface area contributed by atoms with E-state index in [4.69, 9.17) is 14.6 Å². The van der Waals surface area contributed by atoms with Gasteiger partial charge in [0.15, 0.2) is 11.5 Å². The number of benzene rings is 1. The molecule has 0 aromatic heterocycles. The van der Waals surface area contributed by atoms with Gasteiger partial charge in [0.1, 0.15) is 0 Å². The van der Waals surface area contributed by atoms with Crippen LogP contribution in [0.15, 0.2) is 23.3 Å². The third kappa shape index (κ3) is 5.05. The molecule has 4 rings (SSSR count). The molecule has 1 aliphatic carbocycles. The summed E-state index contributed by atoms with van der Waals surface area (Å²) in [5.41, 5.74) is 2.08. The number of carbonyl (C=O) groups is 1. The Bertz CT molecular complexity index is 788. The second kappa shape index (κ2) is 10.5. The van der Waals surface area contributed by atoms with E-state index in [0.29, 0.717) is 18.0 Å². The minimum atomic E-state index is 0.0661. The Labute approximate surface area is 186 Å². The lowest BCUT2D eigenvalue weighted by Crippen LogP contribution is -2.46. The normalized spacial score (nSPS) is 24.5. The molecule has 2 atom stereocenters. The van der Waals surface area contributed by atoms with Crippen molar-refractivity contribution in [2.24, 2.45) is 16.9 Å². The monoisotopic (exact) mass is 427 g/mol. The Balaban J connectivity index is 1.49. The summed E-state index contributed by atoms with van der Waals surface area (Å²) in [6.45, 7) is 4.31. The molecule has 0 radical (unpaired) electrons. The lowest BCUT2D eigenvalue weighted by atomic mass is 9.73. The van der Waals surface area contributed by atoms with Crippen LogP contribution < -0.4 is 9.47 Å². The average molecular weight is 428 g/mol. The minimum Gasteiger partial charge on any atom is -0.493 e. The van der Waals surface area contributed by atoms with Gasteiger partial charge < -0.3 is 14.4 Å². The first-order chi connectivity index (χ1) is 15.2. The molecule has 6 heteroatoms. The van der Waals surface area contributed by atoms with E-state index in [1.165, 1.54) is 32.4 Å². The lowest BCUT2D eigenvalue weighted by Gasteiger charge is -2.38. The third-order valence-electron chi connectivity index (χ3n) is 7.14. The number of unbranched alkanes of at least 4 members (excludes halogenated alkanes) is 1. The summed E-state index contributed by atoms with van der Waals surface area (Å²) in [4.78, 5) is 15.8. The SMILES string of the molecule is COc1ccc(C2=NN(CCCCN3CCCCC3)C(=O)C3CCCCC23)cc1OC. The molecule has 0 spiro atoms.